The van der Waals surface area contributed by atoms with E-state index in [-0.39, 0.29) is 11.3 Å². The second-order valence-electron chi connectivity index (χ2n) is 2.96. The predicted molar refractivity (Wildman–Crippen MR) is 57.3 cm³/mol. The van der Waals surface area contributed by atoms with Gasteiger partial charge in [-0.2, -0.15) is 0 Å². The van der Waals surface area contributed by atoms with Crippen molar-refractivity contribution in [1.29, 1.82) is 0 Å². The van der Waals surface area contributed by atoms with Crippen molar-refractivity contribution >= 4 is 29.2 Å². The predicted octanol–water partition coefficient (Wildman–Crippen LogP) is 1.95. The zero-order valence-corrected chi connectivity index (χ0v) is 8.78. The molecule has 1 atom stereocenters. The Morgan fingerprint density at radius 2 is 2.00 bits per heavy atom. The molecule has 0 bridgehead atoms. The third-order valence-corrected chi connectivity index (χ3v) is 1.97. The van der Waals surface area contributed by atoms with Gasteiger partial charge in [0.25, 0.3) is 0 Å². The van der Waals surface area contributed by atoms with Crippen LogP contribution in [-0.2, 0) is 4.79 Å². The minimum Gasteiger partial charge on any atom is -0.478 e. The highest BCUT2D eigenvalue weighted by atomic mass is 35.5. The molecule has 0 aliphatic carbocycles. The van der Waals surface area contributed by atoms with E-state index in [0.29, 0.717) is 0 Å². The largest absolute Gasteiger partial charge is 0.478 e. The summed E-state index contributed by atoms with van der Waals surface area (Å²) in [5.74, 6) is -1.52. The number of aromatic carboxylic acids is 1. The number of benzene rings is 1. The van der Waals surface area contributed by atoms with Crippen molar-refractivity contribution in [2.75, 3.05) is 5.32 Å². The lowest BCUT2D eigenvalue weighted by Gasteiger charge is -2.08. The molecule has 0 saturated heterocycles. The Bertz CT molecular complexity index is 390. The van der Waals surface area contributed by atoms with E-state index in [4.69, 9.17) is 16.7 Å². The Morgan fingerprint density at radius 1 is 1.40 bits per heavy atom. The first-order valence-corrected chi connectivity index (χ1v) is 4.73. The molecule has 1 amide bonds. The summed E-state index contributed by atoms with van der Waals surface area (Å²) in [7, 11) is 0. The molecule has 15 heavy (non-hydrogen) atoms. The summed E-state index contributed by atoms with van der Waals surface area (Å²) in [4.78, 5) is 22.0. The topological polar surface area (TPSA) is 66.4 Å². The number of amides is 1. The minimum absolute atomic E-state index is 0.0446. The number of carbonyl (C=O) groups is 2. The summed E-state index contributed by atoms with van der Waals surface area (Å²) in [6.07, 6.45) is 0. The van der Waals surface area contributed by atoms with Gasteiger partial charge in [0.2, 0.25) is 5.91 Å². The molecular formula is C10H10ClNO3. The summed E-state index contributed by atoms with van der Waals surface area (Å²) >= 11 is 5.55. The zero-order valence-electron chi connectivity index (χ0n) is 8.03. The van der Waals surface area contributed by atoms with E-state index in [1.165, 1.54) is 19.1 Å². The lowest BCUT2D eigenvalue weighted by Crippen LogP contribution is -2.21. The van der Waals surface area contributed by atoms with Crippen molar-refractivity contribution in [2.24, 2.45) is 0 Å². The van der Waals surface area contributed by atoms with Crippen molar-refractivity contribution in [3.63, 3.8) is 0 Å². The lowest BCUT2D eigenvalue weighted by atomic mass is 10.2. The Morgan fingerprint density at radius 3 is 2.53 bits per heavy atom. The molecule has 1 aromatic rings. The molecule has 0 radical (unpaired) electrons. The molecular weight excluding hydrogens is 218 g/mol. The van der Waals surface area contributed by atoms with Crippen LogP contribution in [0.4, 0.5) is 5.69 Å². The van der Waals surface area contributed by atoms with Gasteiger partial charge in [0.1, 0.15) is 5.38 Å². The quantitative estimate of drug-likeness (QED) is 0.776. The number of carboxylic acids is 1. The normalized spacial score (nSPS) is 11.9. The highest BCUT2D eigenvalue weighted by molar-refractivity contribution is 6.32. The number of carboxylic acid groups (broad SMARTS) is 1. The van der Waals surface area contributed by atoms with Gasteiger partial charge in [-0.3, -0.25) is 4.79 Å². The fourth-order valence-electron chi connectivity index (χ4n) is 1.01. The van der Waals surface area contributed by atoms with Gasteiger partial charge < -0.3 is 10.4 Å². The highest BCUT2D eigenvalue weighted by Crippen LogP contribution is 2.15. The maximum absolute atomic E-state index is 11.3. The first-order chi connectivity index (χ1) is 7.02. The highest BCUT2D eigenvalue weighted by Gasteiger charge is 2.14. The zero-order chi connectivity index (χ0) is 11.4. The van der Waals surface area contributed by atoms with Crippen molar-refractivity contribution in [2.45, 2.75) is 12.3 Å². The van der Waals surface area contributed by atoms with Crippen LogP contribution in [0.2, 0.25) is 0 Å². The molecule has 5 heteroatoms. The van der Waals surface area contributed by atoms with Gasteiger partial charge in [-0.05, 0) is 19.1 Å². The lowest BCUT2D eigenvalue weighted by molar-refractivity contribution is -0.115. The fraction of sp³-hybridized carbons (Fsp3) is 0.200. The molecule has 1 aromatic carbocycles. The van der Waals surface area contributed by atoms with E-state index in [2.05, 4.69) is 5.32 Å². The van der Waals surface area contributed by atoms with Crippen LogP contribution in [0.5, 0.6) is 0 Å². The molecule has 0 heterocycles. The van der Waals surface area contributed by atoms with E-state index >= 15 is 0 Å². The van der Waals surface area contributed by atoms with E-state index < -0.39 is 17.3 Å². The SMILES string of the molecule is C[C@H](Cl)C(=O)Nc1ccccc1C(=O)O. The molecule has 80 valence electrons. The van der Waals surface area contributed by atoms with Gasteiger partial charge in [0.15, 0.2) is 0 Å². The average Bonchev–Trinajstić information content (AvgIpc) is 2.18. The van der Waals surface area contributed by atoms with Crippen LogP contribution in [-0.4, -0.2) is 22.4 Å². The molecule has 0 unspecified atom stereocenters. The summed E-state index contributed by atoms with van der Waals surface area (Å²) in [6, 6.07) is 6.15. The number of rotatable bonds is 3. The van der Waals surface area contributed by atoms with E-state index in [1.807, 2.05) is 0 Å². The van der Waals surface area contributed by atoms with Crippen LogP contribution in [0, 0.1) is 0 Å². The van der Waals surface area contributed by atoms with E-state index in [0.717, 1.165) is 0 Å². The monoisotopic (exact) mass is 227 g/mol. The van der Waals surface area contributed by atoms with Gasteiger partial charge in [-0.25, -0.2) is 4.79 Å². The van der Waals surface area contributed by atoms with Crippen molar-refractivity contribution in [3.8, 4) is 0 Å². The molecule has 0 aliphatic heterocycles. The molecule has 0 aromatic heterocycles. The molecule has 0 fully saturated rings. The van der Waals surface area contributed by atoms with Crippen LogP contribution in [0.25, 0.3) is 0 Å². The summed E-state index contributed by atoms with van der Waals surface area (Å²) in [6.45, 7) is 1.51. The molecule has 1 rings (SSSR count). The Labute approximate surface area is 91.9 Å². The number of hydrogen-bond donors (Lipinski definition) is 2. The molecule has 2 N–H and O–H groups in total. The summed E-state index contributed by atoms with van der Waals surface area (Å²) < 4.78 is 0. The number of hydrogen-bond acceptors (Lipinski definition) is 2. The van der Waals surface area contributed by atoms with Gasteiger partial charge >= 0.3 is 5.97 Å². The van der Waals surface area contributed by atoms with Crippen LogP contribution in [0.1, 0.15) is 17.3 Å². The Balaban J connectivity index is 2.94. The van der Waals surface area contributed by atoms with Crippen molar-refractivity contribution in [1.82, 2.24) is 0 Å². The minimum atomic E-state index is -1.09. The van der Waals surface area contributed by atoms with Crippen LogP contribution in [0.3, 0.4) is 0 Å². The maximum Gasteiger partial charge on any atom is 0.337 e. The molecule has 0 spiro atoms. The standard InChI is InChI=1S/C10H10ClNO3/c1-6(11)9(13)12-8-5-3-2-4-7(8)10(14)15/h2-6H,1H3,(H,12,13)(H,14,15)/t6-/m0/s1. The Hall–Kier alpha value is -1.55. The smallest absolute Gasteiger partial charge is 0.337 e. The number of anilines is 1. The average molecular weight is 228 g/mol. The van der Waals surface area contributed by atoms with Crippen LogP contribution < -0.4 is 5.32 Å². The second-order valence-corrected chi connectivity index (χ2v) is 3.61. The first kappa shape index (κ1) is 11.5. The van der Waals surface area contributed by atoms with Crippen LogP contribution in [0.15, 0.2) is 24.3 Å². The van der Waals surface area contributed by atoms with Crippen LogP contribution >= 0.6 is 11.6 Å². The van der Waals surface area contributed by atoms with Crippen molar-refractivity contribution < 1.29 is 14.7 Å². The molecule has 0 saturated carbocycles. The fourth-order valence-corrected chi connectivity index (χ4v) is 1.07. The number of alkyl halides is 1. The van der Waals surface area contributed by atoms with Gasteiger partial charge in [0.05, 0.1) is 11.3 Å². The number of carbonyl (C=O) groups excluding carboxylic acids is 1. The van der Waals surface area contributed by atoms with E-state index in [9.17, 15) is 9.59 Å². The summed E-state index contributed by atoms with van der Waals surface area (Å²) in [5, 5.41) is 10.6. The Kier molecular flexibility index (Phi) is 3.68. The second kappa shape index (κ2) is 4.79. The van der Waals surface area contributed by atoms with Crippen molar-refractivity contribution in [3.05, 3.63) is 29.8 Å². The number of nitrogens with one attached hydrogen (secondary N) is 1. The number of halogens is 1. The van der Waals surface area contributed by atoms with E-state index in [1.54, 1.807) is 12.1 Å². The molecule has 4 nitrogen and oxygen atoms in total. The van der Waals surface area contributed by atoms with Gasteiger partial charge in [-0.15, -0.1) is 11.6 Å². The third-order valence-electron chi connectivity index (χ3n) is 1.78. The molecule has 0 aliphatic rings. The van der Waals surface area contributed by atoms with Gasteiger partial charge in [-0.1, -0.05) is 12.1 Å². The maximum atomic E-state index is 11.3. The summed E-state index contributed by atoms with van der Waals surface area (Å²) in [5.41, 5.74) is 0.297. The van der Waals surface area contributed by atoms with Gasteiger partial charge in [0, 0.05) is 0 Å². The third kappa shape index (κ3) is 2.95. The number of para-hydroxylation sites is 1. The first-order valence-electron chi connectivity index (χ1n) is 4.29.